The van der Waals surface area contributed by atoms with Crippen molar-refractivity contribution in [3.05, 3.63) is 42.5 Å². The van der Waals surface area contributed by atoms with Crippen molar-refractivity contribution in [2.45, 2.75) is 19.9 Å². The minimum absolute atomic E-state index is 0.158. The largest absolute Gasteiger partial charge is 0.340 e. The van der Waals surface area contributed by atoms with Gasteiger partial charge in [-0.3, -0.25) is 9.78 Å². The summed E-state index contributed by atoms with van der Waals surface area (Å²) in [6, 6.07) is -0.158. The quantitative estimate of drug-likeness (QED) is 0.899. The number of hydrogen-bond acceptors (Lipinski definition) is 4. The molecule has 2 aromatic rings. The summed E-state index contributed by atoms with van der Waals surface area (Å²) in [5.74, 6) is 0.809. The molecule has 0 bridgehead atoms. The number of carbonyl (C=O) groups excluding carboxylic acids is 1. The molecule has 19 heavy (non-hydrogen) atoms. The van der Waals surface area contributed by atoms with Gasteiger partial charge in [0, 0.05) is 31.8 Å². The van der Waals surface area contributed by atoms with Crippen molar-refractivity contribution in [2.24, 2.45) is 13.0 Å². The van der Waals surface area contributed by atoms with Crippen molar-refractivity contribution < 1.29 is 4.79 Å². The Morgan fingerprint density at radius 2 is 2.05 bits per heavy atom. The van der Waals surface area contributed by atoms with Crippen LogP contribution in [0, 0.1) is 5.92 Å². The molecule has 0 fully saturated rings. The summed E-state index contributed by atoms with van der Waals surface area (Å²) in [6.45, 7) is 4.08. The molecule has 0 aliphatic carbocycles. The Hall–Kier alpha value is -2.24. The predicted molar refractivity (Wildman–Crippen MR) is 70.3 cm³/mol. The average molecular weight is 259 g/mol. The zero-order valence-corrected chi connectivity index (χ0v) is 11.2. The van der Waals surface area contributed by atoms with Gasteiger partial charge in [0.2, 0.25) is 0 Å². The van der Waals surface area contributed by atoms with Crippen LogP contribution in [0.3, 0.4) is 0 Å². The van der Waals surface area contributed by atoms with E-state index in [4.69, 9.17) is 0 Å². The van der Waals surface area contributed by atoms with Gasteiger partial charge in [0.05, 0.1) is 12.2 Å². The number of carbonyl (C=O) groups is 1. The fraction of sp³-hybridized carbons (Fsp3) is 0.385. The molecule has 2 rings (SSSR count). The Bertz CT molecular complexity index is 549. The SMILES string of the molecule is CC(C)C(NC(=O)c1cnccn1)c1nccn1C. The molecule has 6 heteroatoms. The van der Waals surface area contributed by atoms with Crippen LogP contribution < -0.4 is 5.32 Å². The second-order valence-corrected chi connectivity index (χ2v) is 4.68. The topological polar surface area (TPSA) is 72.7 Å². The number of hydrogen-bond donors (Lipinski definition) is 1. The van der Waals surface area contributed by atoms with Gasteiger partial charge in [0.15, 0.2) is 0 Å². The monoisotopic (exact) mass is 259 g/mol. The van der Waals surface area contributed by atoms with Crippen molar-refractivity contribution in [2.75, 3.05) is 0 Å². The third-order valence-electron chi connectivity index (χ3n) is 2.89. The summed E-state index contributed by atoms with van der Waals surface area (Å²) >= 11 is 0. The van der Waals surface area contributed by atoms with Crippen LogP contribution in [0.5, 0.6) is 0 Å². The van der Waals surface area contributed by atoms with Crippen LogP contribution >= 0.6 is 0 Å². The van der Waals surface area contributed by atoms with Gasteiger partial charge in [-0.25, -0.2) is 9.97 Å². The first-order chi connectivity index (χ1) is 9.09. The highest BCUT2D eigenvalue weighted by Gasteiger charge is 2.22. The van der Waals surface area contributed by atoms with E-state index in [0.717, 1.165) is 5.82 Å². The number of nitrogens with zero attached hydrogens (tertiary/aromatic N) is 4. The number of nitrogens with one attached hydrogen (secondary N) is 1. The average Bonchev–Trinajstić information content (AvgIpc) is 2.82. The Morgan fingerprint density at radius 3 is 2.58 bits per heavy atom. The molecule has 2 aromatic heterocycles. The Kier molecular flexibility index (Phi) is 3.89. The van der Waals surface area contributed by atoms with Crippen LogP contribution in [0.2, 0.25) is 0 Å². The Morgan fingerprint density at radius 1 is 1.26 bits per heavy atom. The van der Waals surface area contributed by atoms with Gasteiger partial charge >= 0.3 is 0 Å². The molecule has 0 aliphatic heterocycles. The molecule has 6 nitrogen and oxygen atoms in total. The van der Waals surface area contributed by atoms with E-state index in [9.17, 15) is 4.79 Å². The van der Waals surface area contributed by atoms with E-state index in [1.165, 1.54) is 18.6 Å². The Labute approximate surface area is 111 Å². The second-order valence-electron chi connectivity index (χ2n) is 4.68. The highest BCUT2D eigenvalue weighted by Crippen LogP contribution is 2.19. The first-order valence-electron chi connectivity index (χ1n) is 6.13. The molecule has 0 aliphatic rings. The lowest BCUT2D eigenvalue weighted by atomic mass is 10.0. The summed E-state index contributed by atoms with van der Waals surface area (Å²) in [5.41, 5.74) is 0.308. The van der Waals surface area contributed by atoms with Crippen LogP contribution in [-0.2, 0) is 7.05 Å². The van der Waals surface area contributed by atoms with Gasteiger partial charge in [-0.2, -0.15) is 0 Å². The van der Waals surface area contributed by atoms with E-state index in [-0.39, 0.29) is 17.9 Å². The number of aryl methyl sites for hydroxylation is 1. The molecule has 2 heterocycles. The summed E-state index contributed by atoms with van der Waals surface area (Å²) in [4.78, 5) is 24.3. The number of rotatable bonds is 4. The van der Waals surface area contributed by atoms with Gasteiger partial charge < -0.3 is 9.88 Å². The summed E-state index contributed by atoms with van der Waals surface area (Å²) in [7, 11) is 1.91. The second kappa shape index (κ2) is 5.60. The molecular weight excluding hydrogens is 242 g/mol. The zero-order valence-electron chi connectivity index (χ0n) is 11.2. The number of amides is 1. The molecule has 0 saturated carbocycles. The van der Waals surface area contributed by atoms with Crippen LogP contribution in [0.15, 0.2) is 31.0 Å². The molecule has 1 N–H and O–H groups in total. The molecular formula is C13H17N5O. The van der Waals surface area contributed by atoms with Crippen LogP contribution in [0.1, 0.15) is 36.2 Å². The normalized spacial score (nSPS) is 12.4. The maximum Gasteiger partial charge on any atom is 0.272 e. The van der Waals surface area contributed by atoms with Gasteiger partial charge in [0.1, 0.15) is 11.5 Å². The van der Waals surface area contributed by atoms with Crippen LogP contribution in [0.4, 0.5) is 0 Å². The first-order valence-corrected chi connectivity index (χ1v) is 6.13. The summed E-state index contributed by atoms with van der Waals surface area (Å²) in [6.07, 6.45) is 8.07. The van der Waals surface area contributed by atoms with Crippen molar-refractivity contribution in [3.63, 3.8) is 0 Å². The molecule has 0 spiro atoms. The van der Waals surface area contributed by atoms with Gasteiger partial charge in [-0.1, -0.05) is 13.8 Å². The lowest BCUT2D eigenvalue weighted by molar-refractivity contribution is 0.0917. The third-order valence-corrected chi connectivity index (χ3v) is 2.89. The fourth-order valence-electron chi connectivity index (χ4n) is 1.84. The molecule has 1 amide bonds. The molecule has 1 unspecified atom stereocenters. The van der Waals surface area contributed by atoms with E-state index >= 15 is 0 Å². The van der Waals surface area contributed by atoms with Gasteiger partial charge in [0.25, 0.3) is 5.91 Å². The van der Waals surface area contributed by atoms with Crippen molar-refractivity contribution >= 4 is 5.91 Å². The molecule has 0 aromatic carbocycles. The standard InChI is InChI=1S/C13H17N5O/c1-9(2)11(12-16-6-7-18(12)3)17-13(19)10-8-14-4-5-15-10/h4-9,11H,1-3H3,(H,17,19). The molecule has 100 valence electrons. The van der Waals surface area contributed by atoms with E-state index in [0.29, 0.717) is 5.69 Å². The van der Waals surface area contributed by atoms with Crippen molar-refractivity contribution in [1.82, 2.24) is 24.8 Å². The van der Waals surface area contributed by atoms with Gasteiger partial charge in [-0.15, -0.1) is 0 Å². The van der Waals surface area contributed by atoms with E-state index < -0.39 is 0 Å². The summed E-state index contributed by atoms with van der Waals surface area (Å²) < 4.78 is 1.90. The highest BCUT2D eigenvalue weighted by atomic mass is 16.2. The minimum Gasteiger partial charge on any atom is -0.340 e. The van der Waals surface area contributed by atoms with Crippen molar-refractivity contribution in [3.8, 4) is 0 Å². The predicted octanol–water partition coefficient (Wildman–Crippen LogP) is 1.34. The molecule has 0 saturated heterocycles. The minimum atomic E-state index is -0.241. The van der Waals surface area contributed by atoms with E-state index in [2.05, 4.69) is 20.3 Å². The lowest BCUT2D eigenvalue weighted by Crippen LogP contribution is -2.34. The Balaban J connectivity index is 2.19. The van der Waals surface area contributed by atoms with E-state index in [1.807, 2.05) is 31.7 Å². The lowest BCUT2D eigenvalue weighted by Gasteiger charge is -2.21. The van der Waals surface area contributed by atoms with Crippen LogP contribution in [0.25, 0.3) is 0 Å². The smallest absolute Gasteiger partial charge is 0.272 e. The number of aromatic nitrogens is 4. The molecule has 0 radical (unpaired) electrons. The third kappa shape index (κ3) is 2.96. The van der Waals surface area contributed by atoms with Gasteiger partial charge in [-0.05, 0) is 5.92 Å². The maximum atomic E-state index is 12.1. The van der Waals surface area contributed by atoms with Crippen molar-refractivity contribution in [1.29, 1.82) is 0 Å². The van der Waals surface area contributed by atoms with E-state index in [1.54, 1.807) is 6.20 Å². The fourth-order valence-corrected chi connectivity index (χ4v) is 1.84. The number of imidazole rings is 1. The first kappa shape index (κ1) is 13.2. The molecule has 1 atom stereocenters. The highest BCUT2D eigenvalue weighted by molar-refractivity contribution is 5.92. The summed E-state index contributed by atoms with van der Waals surface area (Å²) in [5, 5.41) is 2.95. The van der Waals surface area contributed by atoms with Crippen LogP contribution in [-0.4, -0.2) is 25.4 Å². The zero-order chi connectivity index (χ0) is 13.8. The maximum absolute atomic E-state index is 12.1.